The van der Waals surface area contributed by atoms with Crippen LogP contribution in [0.3, 0.4) is 0 Å². The second kappa shape index (κ2) is 6.05. The SMILES string of the molecule is CC(=O)c1c[nH]c(C(=O)N2CCN(c3ccccc3)CC2)c1. The van der Waals surface area contributed by atoms with E-state index >= 15 is 0 Å². The number of carbonyl (C=O) groups is 2. The number of H-pyrrole nitrogens is 1. The van der Waals surface area contributed by atoms with E-state index in [9.17, 15) is 9.59 Å². The first-order chi connectivity index (χ1) is 10.6. The summed E-state index contributed by atoms with van der Waals surface area (Å²) in [5.74, 6) is -0.0793. The molecule has 0 spiro atoms. The number of para-hydroxylation sites is 1. The van der Waals surface area contributed by atoms with E-state index in [0.29, 0.717) is 24.3 Å². The standard InChI is InChI=1S/C17H19N3O2/c1-13(21)14-11-16(18-12-14)17(22)20-9-7-19(8-10-20)15-5-3-2-4-6-15/h2-6,11-12,18H,7-10H2,1H3. The molecule has 1 fully saturated rings. The molecule has 5 nitrogen and oxygen atoms in total. The van der Waals surface area contributed by atoms with Crippen molar-refractivity contribution >= 4 is 17.4 Å². The third kappa shape index (κ3) is 2.88. The Morgan fingerprint density at radius 1 is 1.05 bits per heavy atom. The molecule has 0 radical (unpaired) electrons. The molecule has 1 saturated heterocycles. The second-order valence-electron chi connectivity index (χ2n) is 5.47. The Balaban J connectivity index is 1.63. The number of piperazine rings is 1. The molecule has 1 aliphatic heterocycles. The van der Waals surface area contributed by atoms with E-state index in [-0.39, 0.29) is 11.7 Å². The predicted octanol–water partition coefficient (Wildman–Crippen LogP) is 2.18. The molecule has 1 N–H and O–H groups in total. The summed E-state index contributed by atoms with van der Waals surface area (Å²) in [5.41, 5.74) is 2.22. The van der Waals surface area contributed by atoms with Gasteiger partial charge in [0.05, 0.1) is 0 Å². The number of nitrogens with one attached hydrogen (secondary N) is 1. The van der Waals surface area contributed by atoms with Crippen LogP contribution in [0.4, 0.5) is 5.69 Å². The van der Waals surface area contributed by atoms with Crippen molar-refractivity contribution in [3.8, 4) is 0 Å². The summed E-state index contributed by atoms with van der Waals surface area (Å²) >= 11 is 0. The van der Waals surface area contributed by atoms with Crippen molar-refractivity contribution in [3.05, 3.63) is 53.9 Å². The summed E-state index contributed by atoms with van der Waals surface area (Å²) in [6, 6.07) is 11.8. The number of hydrogen-bond acceptors (Lipinski definition) is 3. The summed E-state index contributed by atoms with van der Waals surface area (Å²) in [7, 11) is 0. The molecule has 5 heteroatoms. The highest BCUT2D eigenvalue weighted by molar-refractivity contribution is 5.99. The van der Waals surface area contributed by atoms with Gasteiger partial charge < -0.3 is 14.8 Å². The fourth-order valence-corrected chi connectivity index (χ4v) is 2.70. The number of anilines is 1. The van der Waals surface area contributed by atoms with Crippen LogP contribution in [0.2, 0.25) is 0 Å². The second-order valence-corrected chi connectivity index (χ2v) is 5.47. The van der Waals surface area contributed by atoms with E-state index in [1.165, 1.54) is 12.6 Å². The van der Waals surface area contributed by atoms with E-state index in [4.69, 9.17) is 0 Å². The molecule has 22 heavy (non-hydrogen) atoms. The smallest absolute Gasteiger partial charge is 0.270 e. The number of carbonyl (C=O) groups excluding carboxylic acids is 2. The number of rotatable bonds is 3. The molecule has 1 amide bonds. The van der Waals surface area contributed by atoms with Crippen molar-refractivity contribution in [1.82, 2.24) is 9.88 Å². The van der Waals surface area contributed by atoms with Crippen LogP contribution in [-0.4, -0.2) is 47.8 Å². The van der Waals surface area contributed by atoms with Crippen LogP contribution in [0, 0.1) is 0 Å². The van der Waals surface area contributed by atoms with Gasteiger partial charge in [0.25, 0.3) is 5.91 Å². The normalized spacial score (nSPS) is 15.0. The van der Waals surface area contributed by atoms with Crippen LogP contribution in [-0.2, 0) is 0 Å². The molecule has 114 valence electrons. The minimum Gasteiger partial charge on any atom is -0.368 e. The van der Waals surface area contributed by atoms with Gasteiger partial charge in [0, 0.05) is 43.6 Å². The van der Waals surface area contributed by atoms with Gasteiger partial charge in [0.1, 0.15) is 5.69 Å². The topological polar surface area (TPSA) is 56.4 Å². The maximum absolute atomic E-state index is 12.4. The average molecular weight is 297 g/mol. The maximum Gasteiger partial charge on any atom is 0.270 e. The van der Waals surface area contributed by atoms with Gasteiger partial charge in [-0.25, -0.2) is 0 Å². The van der Waals surface area contributed by atoms with Crippen LogP contribution in [0.5, 0.6) is 0 Å². The lowest BCUT2D eigenvalue weighted by Gasteiger charge is -2.35. The fraction of sp³-hybridized carbons (Fsp3) is 0.294. The summed E-state index contributed by atoms with van der Waals surface area (Å²) in [5, 5.41) is 0. The molecule has 0 atom stereocenters. The number of aromatic amines is 1. The van der Waals surface area contributed by atoms with E-state index in [2.05, 4.69) is 22.0 Å². The van der Waals surface area contributed by atoms with Gasteiger partial charge in [0.2, 0.25) is 0 Å². The highest BCUT2D eigenvalue weighted by atomic mass is 16.2. The lowest BCUT2D eigenvalue weighted by atomic mass is 10.2. The highest BCUT2D eigenvalue weighted by Gasteiger charge is 2.23. The van der Waals surface area contributed by atoms with Crippen LogP contribution in [0.25, 0.3) is 0 Å². The largest absolute Gasteiger partial charge is 0.368 e. The monoisotopic (exact) mass is 297 g/mol. The fourth-order valence-electron chi connectivity index (χ4n) is 2.70. The third-order valence-corrected chi connectivity index (χ3v) is 4.01. The lowest BCUT2D eigenvalue weighted by molar-refractivity contribution is 0.0741. The first-order valence-corrected chi connectivity index (χ1v) is 7.44. The molecular weight excluding hydrogens is 278 g/mol. The molecule has 0 saturated carbocycles. The van der Waals surface area contributed by atoms with Gasteiger partial charge in [-0.3, -0.25) is 9.59 Å². The summed E-state index contributed by atoms with van der Waals surface area (Å²) in [4.78, 5) is 30.8. The van der Waals surface area contributed by atoms with E-state index in [0.717, 1.165) is 13.1 Å². The van der Waals surface area contributed by atoms with Crippen LogP contribution in [0.15, 0.2) is 42.6 Å². The van der Waals surface area contributed by atoms with Gasteiger partial charge in [0.15, 0.2) is 5.78 Å². The Hall–Kier alpha value is -2.56. The number of aromatic nitrogens is 1. The van der Waals surface area contributed by atoms with Crippen LogP contribution >= 0.6 is 0 Å². The summed E-state index contributed by atoms with van der Waals surface area (Å²) in [6.07, 6.45) is 1.59. The molecule has 1 aliphatic rings. The number of Topliss-reactive ketones (excluding diaryl/α,β-unsaturated/α-hetero) is 1. The molecule has 2 aromatic rings. The Kier molecular flexibility index (Phi) is 3.96. The Labute approximate surface area is 129 Å². The van der Waals surface area contributed by atoms with Crippen molar-refractivity contribution in [2.24, 2.45) is 0 Å². The molecule has 0 aliphatic carbocycles. The Morgan fingerprint density at radius 3 is 2.32 bits per heavy atom. The number of ketones is 1. The van der Waals surface area contributed by atoms with Gasteiger partial charge in [-0.15, -0.1) is 0 Å². The van der Waals surface area contributed by atoms with Gasteiger partial charge in [-0.1, -0.05) is 18.2 Å². The van der Waals surface area contributed by atoms with Crippen molar-refractivity contribution in [1.29, 1.82) is 0 Å². The maximum atomic E-state index is 12.4. The minimum atomic E-state index is -0.0415. The highest BCUT2D eigenvalue weighted by Crippen LogP contribution is 2.17. The van der Waals surface area contributed by atoms with Gasteiger partial charge in [-0.05, 0) is 25.1 Å². The number of benzene rings is 1. The van der Waals surface area contributed by atoms with Crippen LogP contribution in [0.1, 0.15) is 27.8 Å². The zero-order chi connectivity index (χ0) is 15.5. The number of nitrogens with zero attached hydrogens (tertiary/aromatic N) is 2. The Morgan fingerprint density at radius 2 is 1.73 bits per heavy atom. The Bertz CT molecular complexity index is 670. The van der Waals surface area contributed by atoms with E-state index in [1.54, 1.807) is 12.3 Å². The molecular formula is C17H19N3O2. The van der Waals surface area contributed by atoms with Crippen LogP contribution < -0.4 is 4.90 Å². The van der Waals surface area contributed by atoms with Gasteiger partial charge >= 0.3 is 0 Å². The molecule has 2 heterocycles. The number of hydrogen-bond donors (Lipinski definition) is 1. The third-order valence-electron chi connectivity index (χ3n) is 4.01. The lowest BCUT2D eigenvalue weighted by Crippen LogP contribution is -2.48. The van der Waals surface area contributed by atoms with E-state index < -0.39 is 0 Å². The average Bonchev–Trinajstić information content (AvgIpc) is 3.05. The molecule has 1 aromatic heterocycles. The zero-order valence-electron chi connectivity index (χ0n) is 12.6. The van der Waals surface area contributed by atoms with Crippen molar-refractivity contribution in [3.63, 3.8) is 0 Å². The molecule has 3 rings (SSSR count). The molecule has 1 aromatic carbocycles. The van der Waals surface area contributed by atoms with Crippen molar-refractivity contribution < 1.29 is 9.59 Å². The molecule has 0 unspecified atom stereocenters. The number of amides is 1. The minimum absolute atomic E-state index is 0.0378. The van der Waals surface area contributed by atoms with Crippen molar-refractivity contribution in [2.75, 3.05) is 31.1 Å². The summed E-state index contributed by atoms with van der Waals surface area (Å²) < 4.78 is 0. The molecule has 0 bridgehead atoms. The van der Waals surface area contributed by atoms with Gasteiger partial charge in [-0.2, -0.15) is 0 Å². The summed E-state index contributed by atoms with van der Waals surface area (Å²) in [6.45, 7) is 4.49. The zero-order valence-corrected chi connectivity index (χ0v) is 12.6. The van der Waals surface area contributed by atoms with Crippen molar-refractivity contribution in [2.45, 2.75) is 6.92 Å². The van der Waals surface area contributed by atoms with E-state index in [1.807, 2.05) is 23.1 Å². The quantitative estimate of drug-likeness (QED) is 0.884. The first-order valence-electron chi connectivity index (χ1n) is 7.44. The first kappa shape index (κ1) is 14.4. The predicted molar refractivity (Wildman–Crippen MR) is 85.4 cm³/mol.